The Morgan fingerprint density at radius 2 is 1.84 bits per heavy atom. The number of carbonyl (C=O) groups excluding carboxylic acids is 1. The van der Waals surface area contributed by atoms with Crippen molar-refractivity contribution in [2.24, 2.45) is 0 Å². The van der Waals surface area contributed by atoms with Crippen LogP contribution in [0.25, 0.3) is 0 Å². The van der Waals surface area contributed by atoms with Gasteiger partial charge in [0.25, 0.3) is 0 Å². The Morgan fingerprint density at radius 3 is 2.58 bits per heavy atom. The highest BCUT2D eigenvalue weighted by Crippen LogP contribution is 2.22. The summed E-state index contributed by atoms with van der Waals surface area (Å²) in [4.78, 5) is 13.5. The molecular formula is C16H23NO2. The Bertz CT molecular complexity index is 442. The lowest BCUT2D eigenvalue weighted by Crippen LogP contribution is -2.31. The summed E-state index contributed by atoms with van der Waals surface area (Å²) in [7, 11) is 1.71. The Kier molecular flexibility index (Phi) is 4.83. The molecule has 0 aliphatic carbocycles. The predicted octanol–water partition coefficient (Wildman–Crippen LogP) is 2.81. The highest BCUT2D eigenvalue weighted by Gasteiger charge is 2.12. The first-order valence-electron chi connectivity index (χ1n) is 7.12. The summed E-state index contributed by atoms with van der Waals surface area (Å²) in [6, 6.07) is 6.39. The molecule has 0 spiro atoms. The van der Waals surface area contributed by atoms with E-state index in [4.69, 9.17) is 4.74 Å². The van der Waals surface area contributed by atoms with Gasteiger partial charge in [-0.05, 0) is 55.4 Å². The molecule has 0 radical (unpaired) electrons. The maximum absolute atomic E-state index is 11.5. The van der Waals surface area contributed by atoms with E-state index in [1.807, 2.05) is 11.0 Å². The Hall–Kier alpha value is -1.51. The minimum atomic E-state index is 0.200. The van der Waals surface area contributed by atoms with Crippen molar-refractivity contribution in [2.45, 2.75) is 39.0 Å². The zero-order valence-electron chi connectivity index (χ0n) is 11.9. The second-order valence-electron chi connectivity index (χ2n) is 5.20. The topological polar surface area (TPSA) is 29.5 Å². The SMILES string of the molecule is COc1ccc2c(c1)CCCN(C(C)=O)CCCC2. The molecule has 0 aromatic heterocycles. The van der Waals surface area contributed by atoms with Gasteiger partial charge in [0.15, 0.2) is 0 Å². The number of rotatable bonds is 1. The third kappa shape index (κ3) is 3.72. The Morgan fingerprint density at radius 1 is 1.11 bits per heavy atom. The second kappa shape index (κ2) is 6.60. The van der Waals surface area contributed by atoms with E-state index in [1.54, 1.807) is 14.0 Å². The molecule has 3 nitrogen and oxygen atoms in total. The third-order valence-corrected chi connectivity index (χ3v) is 3.86. The van der Waals surface area contributed by atoms with Crippen molar-refractivity contribution in [1.29, 1.82) is 0 Å². The number of amides is 1. The number of aryl methyl sites for hydroxylation is 2. The summed E-state index contributed by atoms with van der Waals surface area (Å²) in [6.07, 6.45) is 5.38. The van der Waals surface area contributed by atoms with Crippen molar-refractivity contribution in [1.82, 2.24) is 4.90 Å². The Balaban J connectivity index is 2.12. The second-order valence-corrected chi connectivity index (χ2v) is 5.20. The first kappa shape index (κ1) is 13.9. The summed E-state index contributed by atoms with van der Waals surface area (Å²) in [5.74, 6) is 1.13. The van der Waals surface area contributed by atoms with Crippen molar-refractivity contribution in [3.05, 3.63) is 29.3 Å². The van der Waals surface area contributed by atoms with Gasteiger partial charge in [0.05, 0.1) is 7.11 Å². The van der Waals surface area contributed by atoms with Gasteiger partial charge in [0, 0.05) is 20.0 Å². The predicted molar refractivity (Wildman–Crippen MR) is 76.5 cm³/mol. The van der Waals surface area contributed by atoms with Crippen LogP contribution in [0.2, 0.25) is 0 Å². The largest absolute Gasteiger partial charge is 0.497 e. The molecular weight excluding hydrogens is 238 g/mol. The van der Waals surface area contributed by atoms with Crippen LogP contribution in [-0.4, -0.2) is 31.0 Å². The molecule has 1 aromatic carbocycles. The van der Waals surface area contributed by atoms with Gasteiger partial charge in [-0.25, -0.2) is 0 Å². The summed E-state index contributed by atoms with van der Waals surface area (Å²) in [5, 5.41) is 0. The van der Waals surface area contributed by atoms with Crippen molar-refractivity contribution in [3.63, 3.8) is 0 Å². The monoisotopic (exact) mass is 261 g/mol. The van der Waals surface area contributed by atoms with Gasteiger partial charge < -0.3 is 9.64 Å². The quantitative estimate of drug-likeness (QED) is 0.778. The number of ether oxygens (including phenoxy) is 1. The summed E-state index contributed by atoms with van der Waals surface area (Å²) in [5.41, 5.74) is 2.82. The molecule has 19 heavy (non-hydrogen) atoms. The third-order valence-electron chi connectivity index (χ3n) is 3.86. The summed E-state index contributed by atoms with van der Waals surface area (Å²) in [6.45, 7) is 3.44. The standard InChI is InChI=1S/C16H23NO2/c1-13(18)17-10-4-3-6-14-8-9-16(19-2)12-15(14)7-5-11-17/h8-9,12H,3-7,10-11H2,1-2H3. The highest BCUT2D eigenvalue weighted by molar-refractivity contribution is 5.73. The van der Waals surface area contributed by atoms with Crippen LogP contribution in [0.5, 0.6) is 5.75 Å². The molecule has 104 valence electrons. The fourth-order valence-corrected chi connectivity index (χ4v) is 2.71. The van der Waals surface area contributed by atoms with Crippen LogP contribution in [0.1, 0.15) is 37.3 Å². The summed E-state index contributed by atoms with van der Waals surface area (Å²) >= 11 is 0. The van der Waals surface area contributed by atoms with E-state index >= 15 is 0 Å². The van der Waals surface area contributed by atoms with E-state index in [2.05, 4.69) is 12.1 Å². The van der Waals surface area contributed by atoms with Gasteiger partial charge in [-0.1, -0.05) is 6.07 Å². The van der Waals surface area contributed by atoms with E-state index in [0.29, 0.717) is 0 Å². The maximum atomic E-state index is 11.5. The average Bonchev–Trinajstić information content (AvgIpc) is 2.42. The molecule has 0 atom stereocenters. The number of carbonyl (C=O) groups is 1. The van der Waals surface area contributed by atoms with Gasteiger partial charge in [-0.3, -0.25) is 4.79 Å². The number of benzene rings is 1. The van der Waals surface area contributed by atoms with Gasteiger partial charge in [0.2, 0.25) is 5.91 Å². The lowest BCUT2D eigenvalue weighted by Gasteiger charge is -2.23. The number of fused-ring (bicyclic) bond motifs is 1. The van der Waals surface area contributed by atoms with Crippen LogP contribution in [-0.2, 0) is 17.6 Å². The van der Waals surface area contributed by atoms with E-state index in [1.165, 1.54) is 11.1 Å². The number of methoxy groups -OCH3 is 1. The molecule has 0 saturated heterocycles. The van der Waals surface area contributed by atoms with Crippen LogP contribution in [0.15, 0.2) is 18.2 Å². The van der Waals surface area contributed by atoms with Crippen LogP contribution in [0.4, 0.5) is 0 Å². The zero-order chi connectivity index (χ0) is 13.7. The van der Waals surface area contributed by atoms with Gasteiger partial charge in [-0.2, -0.15) is 0 Å². The van der Waals surface area contributed by atoms with Crippen molar-refractivity contribution in [3.8, 4) is 5.75 Å². The van der Waals surface area contributed by atoms with Crippen LogP contribution in [0, 0.1) is 0 Å². The molecule has 1 aliphatic rings. The van der Waals surface area contributed by atoms with E-state index < -0.39 is 0 Å². The van der Waals surface area contributed by atoms with Crippen LogP contribution >= 0.6 is 0 Å². The van der Waals surface area contributed by atoms with Gasteiger partial charge >= 0.3 is 0 Å². The zero-order valence-corrected chi connectivity index (χ0v) is 11.9. The first-order chi connectivity index (χ1) is 9.20. The molecule has 0 unspecified atom stereocenters. The van der Waals surface area contributed by atoms with Crippen LogP contribution < -0.4 is 4.74 Å². The van der Waals surface area contributed by atoms with E-state index in [-0.39, 0.29) is 5.91 Å². The number of hydrogen-bond acceptors (Lipinski definition) is 2. The molecule has 0 N–H and O–H groups in total. The molecule has 0 fully saturated rings. The number of hydrogen-bond donors (Lipinski definition) is 0. The molecule has 1 aliphatic heterocycles. The maximum Gasteiger partial charge on any atom is 0.219 e. The first-order valence-corrected chi connectivity index (χ1v) is 7.12. The molecule has 1 heterocycles. The summed E-state index contributed by atoms with van der Waals surface area (Å²) < 4.78 is 5.30. The van der Waals surface area contributed by atoms with E-state index in [9.17, 15) is 4.79 Å². The van der Waals surface area contributed by atoms with Crippen LogP contribution in [0.3, 0.4) is 0 Å². The average molecular weight is 261 g/mol. The lowest BCUT2D eigenvalue weighted by molar-refractivity contribution is -0.129. The number of nitrogens with zero attached hydrogens (tertiary/aromatic N) is 1. The van der Waals surface area contributed by atoms with Crippen molar-refractivity contribution in [2.75, 3.05) is 20.2 Å². The van der Waals surface area contributed by atoms with Gasteiger partial charge in [0.1, 0.15) is 5.75 Å². The van der Waals surface area contributed by atoms with E-state index in [0.717, 1.165) is 50.9 Å². The smallest absolute Gasteiger partial charge is 0.219 e. The molecule has 3 heteroatoms. The normalized spacial score (nSPS) is 16.6. The Labute approximate surface area is 115 Å². The fourth-order valence-electron chi connectivity index (χ4n) is 2.71. The minimum Gasteiger partial charge on any atom is -0.497 e. The molecule has 1 aromatic rings. The van der Waals surface area contributed by atoms with Crippen molar-refractivity contribution >= 4 is 5.91 Å². The highest BCUT2D eigenvalue weighted by atomic mass is 16.5. The van der Waals surface area contributed by atoms with Gasteiger partial charge in [-0.15, -0.1) is 0 Å². The molecule has 1 amide bonds. The minimum absolute atomic E-state index is 0.200. The molecule has 0 bridgehead atoms. The molecule has 0 saturated carbocycles. The lowest BCUT2D eigenvalue weighted by atomic mass is 9.97. The van der Waals surface area contributed by atoms with Crippen molar-refractivity contribution < 1.29 is 9.53 Å². The fraction of sp³-hybridized carbons (Fsp3) is 0.562. The molecule has 2 rings (SSSR count).